The Morgan fingerprint density at radius 1 is 1.29 bits per heavy atom. The summed E-state index contributed by atoms with van der Waals surface area (Å²) in [6, 6.07) is 5.63. The minimum absolute atomic E-state index is 0.120. The van der Waals surface area contributed by atoms with Crippen molar-refractivity contribution >= 4 is 17.8 Å². The maximum Gasteiger partial charge on any atom is 0.412 e. The maximum atomic E-state index is 12.4. The summed E-state index contributed by atoms with van der Waals surface area (Å²) < 4.78 is 12.1. The van der Waals surface area contributed by atoms with E-state index in [9.17, 15) is 9.59 Å². The van der Waals surface area contributed by atoms with Gasteiger partial charge >= 0.3 is 6.09 Å². The number of amides is 2. The smallest absolute Gasteiger partial charge is 0.405 e. The first kappa shape index (κ1) is 21.1. The summed E-state index contributed by atoms with van der Waals surface area (Å²) >= 11 is 0. The summed E-state index contributed by atoms with van der Waals surface area (Å²) in [5.74, 6) is 0.230. The van der Waals surface area contributed by atoms with Crippen molar-refractivity contribution in [3.8, 4) is 11.4 Å². The minimum Gasteiger partial charge on any atom is -0.405 e. The second kappa shape index (κ2) is 9.36. The van der Waals surface area contributed by atoms with E-state index in [1.54, 1.807) is 12.1 Å². The average molecular weight is 428 g/mol. The van der Waals surface area contributed by atoms with Crippen LogP contribution in [0.4, 0.5) is 10.6 Å². The average Bonchev–Trinajstić information content (AvgIpc) is 3.51. The summed E-state index contributed by atoms with van der Waals surface area (Å²) in [6.07, 6.45) is 2.85. The van der Waals surface area contributed by atoms with E-state index in [-0.39, 0.29) is 23.5 Å². The molecule has 1 saturated heterocycles. The van der Waals surface area contributed by atoms with Gasteiger partial charge in [-0.2, -0.15) is 5.10 Å². The second-order valence-corrected chi connectivity index (χ2v) is 7.83. The molecule has 10 heteroatoms. The molecule has 2 fully saturated rings. The molecule has 10 nitrogen and oxygen atoms in total. The van der Waals surface area contributed by atoms with Gasteiger partial charge in [-0.3, -0.25) is 9.69 Å². The van der Waals surface area contributed by atoms with Crippen molar-refractivity contribution in [1.82, 2.24) is 25.3 Å². The zero-order chi connectivity index (χ0) is 21.8. The SMILES string of the molecule is Cc1ccc(C(=O)NC2CC2)cc1-n1ncc(OC(=O)NCCN2CCOCC2)c1N. The van der Waals surface area contributed by atoms with Crippen LogP contribution >= 0.6 is 0 Å². The molecule has 0 radical (unpaired) electrons. The quantitative estimate of drug-likeness (QED) is 0.603. The molecule has 166 valence electrons. The lowest BCUT2D eigenvalue weighted by atomic mass is 10.1. The molecule has 2 aliphatic rings. The number of carbonyl (C=O) groups is 2. The van der Waals surface area contributed by atoms with Gasteiger partial charge in [0.25, 0.3) is 5.91 Å². The lowest BCUT2D eigenvalue weighted by Crippen LogP contribution is -2.41. The molecule has 1 aromatic heterocycles. The molecule has 0 unspecified atom stereocenters. The molecular formula is C21H28N6O4. The van der Waals surface area contributed by atoms with E-state index < -0.39 is 6.09 Å². The molecule has 31 heavy (non-hydrogen) atoms. The van der Waals surface area contributed by atoms with Crippen molar-refractivity contribution in [1.29, 1.82) is 0 Å². The van der Waals surface area contributed by atoms with Gasteiger partial charge in [-0.15, -0.1) is 0 Å². The second-order valence-electron chi connectivity index (χ2n) is 7.83. The largest absolute Gasteiger partial charge is 0.412 e. The Kier molecular flexibility index (Phi) is 6.38. The Bertz CT molecular complexity index is 949. The molecule has 2 aromatic rings. The van der Waals surface area contributed by atoms with E-state index in [1.165, 1.54) is 10.9 Å². The van der Waals surface area contributed by atoms with Gasteiger partial charge in [0, 0.05) is 37.8 Å². The van der Waals surface area contributed by atoms with E-state index in [1.807, 2.05) is 13.0 Å². The van der Waals surface area contributed by atoms with E-state index in [0.29, 0.717) is 31.0 Å². The first-order valence-electron chi connectivity index (χ1n) is 10.5. The highest BCUT2D eigenvalue weighted by Gasteiger charge is 2.24. The molecule has 1 aliphatic heterocycles. The fourth-order valence-corrected chi connectivity index (χ4v) is 3.37. The number of nitrogens with zero attached hydrogens (tertiary/aromatic N) is 3. The monoisotopic (exact) mass is 428 g/mol. The molecule has 4 N–H and O–H groups in total. The van der Waals surface area contributed by atoms with Crippen LogP contribution in [0.1, 0.15) is 28.8 Å². The Labute approximate surface area is 180 Å². The predicted molar refractivity (Wildman–Crippen MR) is 114 cm³/mol. The molecule has 2 heterocycles. The number of benzene rings is 1. The zero-order valence-electron chi connectivity index (χ0n) is 17.6. The normalized spacial score (nSPS) is 16.7. The van der Waals surface area contributed by atoms with Crippen LogP contribution < -0.4 is 21.1 Å². The van der Waals surface area contributed by atoms with Crippen molar-refractivity contribution in [2.24, 2.45) is 0 Å². The van der Waals surface area contributed by atoms with Crippen molar-refractivity contribution in [3.05, 3.63) is 35.5 Å². The third-order valence-corrected chi connectivity index (χ3v) is 5.39. The summed E-state index contributed by atoms with van der Waals surface area (Å²) in [4.78, 5) is 26.7. The molecular weight excluding hydrogens is 400 g/mol. The molecule has 0 spiro atoms. The van der Waals surface area contributed by atoms with Gasteiger partial charge < -0.3 is 25.8 Å². The zero-order valence-corrected chi connectivity index (χ0v) is 17.6. The number of ether oxygens (including phenoxy) is 2. The molecule has 1 aromatic carbocycles. The fraction of sp³-hybridized carbons (Fsp3) is 0.476. The van der Waals surface area contributed by atoms with Gasteiger partial charge in [0.1, 0.15) is 0 Å². The maximum absolute atomic E-state index is 12.4. The van der Waals surface area contributed by atoms with Crippen LogP contribution in [0.25, 0.3) is 5.69 Å². The first-order chi connectivity index (χ1) is 15.0. The summed E-state index contributed by atoms with van der Waals surface area (Å²) in [7, 11) is 0. The molecule has 1 aliphatic carbocycles. The van der Waals surface area contributed by atoms with Crippen LogP contribution in [-0.4, -0.2) is 72.1 Å². The molecule has 0 atom stereocenters. The highest BCUT2D eigenvalue weighted by atomic mass is 16.6. The Morgan fingerprint density at radius 2 is 2.06 bits per heavy atom. The predicted octanol–water partition coefficient (Wildman–Crippen LogP) is 1.08. The van der Waals surface area contributed by atoms with Crippen LogP contribution in [0.2, 0.25) is 0 Å². The lowest BCUT2D eigenvalue weighted by molar-refractivity contribution is 0.0385. The highest BCUT2D eigenvalue weighted by Crippen LogP contribution is 2.27. The van der Waals surface area contributed by atoms with E-state index >= 15 is 0 Å². The van der Waals surface area contributed by atoms with Crippen molar-refractivity contribution in [3.63, 3.8) is 0 Å². The van der Waals surface area contributed by atoms with Crippen molar-refractivity contribution in [2.75, 3.05) is 45.1 Å². The Morgan fingerprint density at radius 3 is 2.81 bits per heavy atom. The Balaban J connectivity index is 1.38. The van der Waals surface area contributed by atoms with E-state index in [0.717, 1.165) is 38.0 Å². The number of morpholine rings is 1. The number of nitrogens with two attached hydrogens (primary N) is 1. The summed E-state index contributed by atoms with van der Waals surface area (Å²) in [5.41, 5.74) is 8.27. The summed E-state index contributed by atoms with van der Waals surface area (Å²) in [6.45, 7) is 6.22. The number of aromatic nitrogens is 2. The number of anilines is 1. The van der Waals surface area contributed by atoms with Gasteiger partial charge in [0.15, 0.2) is 11.6 Å². The number of rotatable bonds is 7. The number of carbonyl (C=O) groups excluding carboxylic acids is 2. The lowest BCUT2D eigenvalue weighted by Gasteiger charge is -2.26. The standard InChI is InChI=1S/C21H28N6O4/c1-14-2-3-15(20(28)25-16-4-5-16)12-17(14)27-19(22)18(13-24-27)31-21(29)23-6-7-26-8-10-30-11-9-26/h2-3,12-13,16H,4-11,22H2,1H3,(H,23,29)(H,25,28). The van der Waals surface area contributed by atoms with Gasteiger partial charge in [-0.25, -0.2) is 9.48 Å². The van der Waals surface area contributed by atoms with Gasteiger partial charge in [0.05, 0.1) is 25.1 Å². The number of aryl methyl sites for hydroxylation is 1. The molecule has 2 amide bonds. The fourth-order valence-electron chi connectivity index (χ4n) is 3.37. The van der Waals surface area contributed by atoms with Crippen LogP contribution in [0.3, 0.4) is 0 Å². The number of hydrogen-bond acceptors (Lipinski definition) is 7. The summed E-state index contributed by atoms with van der Waals surface area (Å²) in [5, 5.41) is 9.95. The molecule has 4 rings (SSSR count). The van der Waals surface area contributed by atoms with Gasteiger partial charge in [-0.1, -0.05) is 6.07 Å². The van der Waals surface area contributed by atoms with E-state index in [4.69, 9.17) is 15.2 Å². The van der Waals surface area contributed by atoms with Crippen LogP contribution in [-0.2, 0) is 4.74 Å². The van der Waals surface area contributed by atoms with Crippen LogP contribution in [0, 0.1) is 6.92 Å². The van der Waals surface area contributed by atoms with Crippen molar-refractivity contribution in [2.45, 2.75) is 25.8 Å². The number of nitrogens with one attached hydrogen (secondary N) is 2. The number of nitrogen functional groups attached to an aromatic ring is 1. The van der Waals surface area contributed by atoms with Crippen molar-refractivity contribution < 1.29 is 19.1 Å². The highest BCUT2D eigenvalue weighted by molar-refractivity contribution is 5.95. The van der Waals surface area contributed by atoms with Crippen LogP contribution in [0.5, 0.6) is 5.75 Å². The third-order valence-electron chi connectivity index (χ3n) is 5.39. The molecule has 0 bridgehead atoms. The Hall–Kier alpha value is -3.11. The molecule has 1 saturated carbocycles. The van der Waals surface area contributed by atoms with E-state index in [2.05, 4.69) is 20.6 Å². The topological polar surface area (TPSA) is 124 Å². The van der Waals surface area contributed by atoms with Gasteiger partial charge in [0.2, 0.25) is 0 Å². The van der Waals surface area contributed by atoms with Crippen LogP contribution in [0.15, 0.2) is 24.4 Å². The third kappa shape index (κ3) is 5.33. The first-order valence-corrected chi connectivity index (χ1v) is 10.5. The number of hydrogen-bond donors (Lipinski definition) is 3. The minimum atomic E-state index is -0.589. The van der Waals surface area contributed by atoms with Gasteiger partial charge in [-0.05, 0) is 37.5 Å².